The van der Waals surface area contributed by atoms with E-state index < -0.39 is 5.97 Å². The normalized spacial score (nSPS) is 15.5. The Kier molecular flexibility index (Phi) is 5.68. The fraction of sp³-hybridized carbons (Fsp3) is 0.556. The molecule has 1 aromatic rings. The van der Waals surface area contributed by atoms with Crippen LogP contribution in [0.2, 0.25) is 0 Å². The summed E-state index contributed by atoms with van der Waals surface area (Å²) in [5, 5.41) is 12.7. The molecule has 0 saturated heterocycles. The molecule has 2 rings (SSSR count). The van der Waals surface area contributed by atoms with Gasteiger partial charge in [0.2, 0.25) is 0 Å². The number of rotatable bonds is 2. The second-order valence-corrected chi connectivity index (χ2v) is 3.45. The van der Waals surface area contributed by atoms with Gasteiger partial charge in [0, 0.05) is 6.20 Å². The summed E-state index contributed by atoms with van der Waals surface area (Å²) in [6.07, 6.45) is 7.75. The van der Waals surface area contributed by atoms with Gasteiger partial charge in [0.05, 0.1) is 17.8 Å². The Morgan fingerprint density at radius 2 is 2.00 bits per heavy atom. The fourth-order valence-electron chi connectivity index (χ4n) is 1.82. The molecule has 1 aliphatic carbocycles. The number of hydrogen-bond acceptors (Lipinski definition) is 2. The number of halogens is 2. The van der Waals surface area contributed by atoms with Gasteiger partial charge in [-0.3, -0.25) is 4.68 Å². The van der Waals surface area contributed by atoms with Crippen LogP contribution in [0, 0.1) is 0 Å². The first kappa shape index (κ1) is 14.3. The van der Waals surface area contributed by atoms with Crippen LogP contribution in [0.5, 0.6) is 0 Å². The monoisotopic (exact) mass is 252 g/mol. The Labute approximate surface area is 100 Å². The smallest absolute Gasteiger partial charge is 0.338 e. The molecule has 86 valence electrons. The third-order valence-electron chi connectivity index (χ3n) is 2.55. The first-order valence-electron chi connectivity index (χ1n) is 4.55. The van der Waals surface area contributed by atoms with Crippen molar-refractivity contribution < 1.29 is 9.90 Å². The average molecular weight is 253 g/mol. The second kappa shape index (κ2) is 5.98. The first-order chi connectivity index (χ1) is 6.27. The average Bonchev–Trinajstić information content (AvgIpc) is 2.75. The number of carboxylic acids is 1. The van der Waals surface area contributed by atoms with Crippen molar-refractivity contribution in [3.8, 4) is 0 Å². The van der Waals surface area contributed by atoms with Crippen LogP contribution < -0.4 is 0 Å². The van der Waals surface area contributed by atoms with Crippen molar-refractivity contribution in [2.24, 2.45) is 0 Å². The van der Waals surface area contributed by atoms with Crippen LogP contribution in [0.15, 0.2) is 12.4 Å². The van der Waals surface area contributed by atoms with Crippen LogP contribution in [-0.4, -0.2) is 20.9 Å². The molecular formula is C9H14Cl2N2O2. The second-order valence-electron chi connectivity index (χ2n) is 3.45. The van der Waals surface area contributed by atoms with E-state index in [-0.39, 0.29) is 30.4 Å². The summed E-state index contributed by atoms with van der Waals surface area (Å²) in [6.45, 7) is 0. The maximum absolute atomic E-state index is 10.6. The summed E-state index contributed by atoms with van der Waals surface area (Å²) in [4.78, 5) is 10.6. The van der Waals surface area contributed by atoms with Gasteiger partial charge in [-0.15, -0.1) is 24.8 Å². The van der Waals surface area contributed by atoms with Crippen molar-refractivity contribution in [1.29, 1.82) is 0 Å². The Bertz CT molecular complexity index is 322. The Morgan fingerprint density at radius 1 is 1.40 bits per heavy atom. The molecule has 1 aliphatic rings. The molecule has 1 aromatic heterocycles. The van der Waals surface area contributed by atoms with Gasteiger partial charge in [0.25, 0.3) is 0 Å². The van der Waals surface area contributed by atoms with Crippen molar-refractivity contribution >= 4 is 30.8 Å². The Balaban J connectivity index is 0.000000980. The summed E-state index contributed by atoms with van der Waals surface area (Å²) in [5.41, 5.74) is 0.284. The van der Waals surface area contributed by atoms with E-state index >= 15 is 0 Å². The van der Waals surface area contributed by atoms with Gasteiger partial charge >= 0.3 is 5.97 Å². The highest BCUT2D eigenvalue weighted by molar-refractivity contribution is 5.86. The molecule has 15 heavy (non-hydrogen) atoms. The molecular weight excluding hydrogens is 239 g/mol. The van der Waals surface area contributed by atoms with E-state index in [1.807, 2.05) is 0 Å². The Morgan fingerprint density at radius 3 is 2.47 bits per heavy atom. The summed E-state index contributed by atoms with van der Waals surface area (Å²) >= 11 is 0. The van der Waals surface area contributed by atoms with Gasteiger partial charge in [-0.2, -0.15) is 5.10 Å². The van der Waals surface area contributed by atoms with Crippen LogP contribution >= 0.6 is 24.8 Å². The topological polar surface area (TPSA) is 55.1 Å². The molecule has 0 amide bonds. The zero-order chi connectivity index (χ0) is 9.26. The maximum Gasteiger partial charge on any atom is 0.338 e. The third kappa shape index (κ3) is 3.11. The van der Waals surface area contributed by atoms with Gasteiger partial charge in [-0.05, 0) is 12.8 Å². The lowest BCUT2D eigenvalue weighted by Crippen LogP contribution is -2.04. The summed E-state index contributed by atoms with van der Waals surface area (Å²) in [6, 6.07) is 0.424. The number of aromatic carboxylic acids is 1. The van der Waals surface area contributed by atoms with Crippen LogP contribution in [-0.2, 0) is 0 Å². The standard InChI is InChI=1S/C9H12N2O2.2ClH/c12-9(13)7-5-10-11(6-7)8-3-1-2-4-8;;/h5-6,8H,1-4H2,(H,12,13);2*1H. The van der Waals surface area contributed by atoms with Crippen molar-refractivity contribution in [3.05, 3.63) is 18.0 Å². The molecule has 6 heteroatoms. The molecule has 1 fully saturated rings. The maximum atomic E-state index is 10.6. The minimum absolute atomic E-state index is 0. The fourth-order valence-corrected chi connectivity index (χ4v) is 1.82. The van der Waals surface area contributed by atoms with Crippen LogP contribution in [0.4, 0.5) is 0 Å². The quantitative estimate of drug-likeness (QED) is 0.881. The van der Waals surface area contributed by atoms with Crippen LogP contribution in [0.1, 0.15) is 42.1 Å². The molecule has 0 spiro atoms. The van der Waals surface area contributed by atoms with Crippen molar-refractivity contribution in [2.75, 3.05) is 0 Å². The zero-order valence-corrected chi connectivity index (χ0v) is 9.76. The van der Waals surface area contributed by atoms with E-state index in [1.165, 1.54) is 19.0 Å². The lowest BCUT2D eigenvalue weighted by Gasteiger charge is -2.07. The minimum atomic E-state index is -0.899. The highest BCUT2D eigenvalue weighted by Gasteiger charge is 2.18. The molecule has 4 nitrogen and oxygen atoms in total. The van der Waals surface area contributed by atoms with E-state index in [0.717, 1.165) is 12.8 Å². The van der Waals surface area contributed by atoms with E-state index in [2.05, 4.69) is 5.10 Å². The summed E-state index contributed by atoms with van der Waals surface area (Å²) in [5.74, 6) is -0.899. The van der Waals surface area contributed by atoms with Crippen molar-refractivity contribution in [3.63, 3.8) is 0 Å². The van der Waals surface area contributed by atoms with Gasteiger partial charge in [0.1, 0.15) is 0 Å². The summed E-state index contributed by atoms with van der Waals surface area (Å²) < 4.78 is 1.79. The van der Waals surface area contributed by atoms with E-state index in [9.17, 15) is 4.79 Å². The molecule has 1 saturated carbocycles. The number of aromatic nitrogens is 2. The highest BCUT2D eigenvalue weighted by Crippen LogP contribution is 2.28. The Hall–Kier alpha value is -0.740. The molecule has 1 N–H and O–H groups in total. The predicted octanol–water partition coefficient (Wildman–Crippen LogP) is 2.54. The molecule has 0 atom stereocenters. The molecule has 0 aromatic carbocycles. The van der Waals surface area contributed by atoms with Gasteiger partial charge < -0.3 is 5.11 Å². The van der Waals surface area contributed by atoms with E-state index in [4.69, 9.17) is 5.11 Å². The van der Waals surface area contributed by atoms with Crippen molar-refractivity contribution in [2.45, 2.75) is 31.7 Å². The van der Waals surface area contributed by atoms with E-state index in [0.29, 0.717) is 6.04 Å². The van der Waals surface area contributed by atoms with Gasteiger partial charge in [0.15, 0.2) is 0 Å². The third-order valence-corrected chi connectivity index (χ3v) is 2.55. The van der Waals surface area contributed by atoms with Gasteiger partial charge in [-0.25, -0.2) is 4.79 Å². The highest BCUT2D eigenvalue weighted by atomic mass is 35.5. The number of nitrogens with zero attached hydrogens (tertiary/aromatic N) is 2. The van der Waals surface area contributed by atoms with Crippen LogP contribution in [0.3, 0.4) is 0 Å². The van der Waals surface area contributed by atoms with Gasteiger partial charge in [-0.1, -0.05) is 12.8 Å². The molecule has 0 bridgehead atoms. The minimum Gasteiger partial charge on any atom is -0.478 e. The number of hydrogen-bond donors (Lipinski definition) is 1. The number of carboxylic acid groups (broad SMARTS) is 1. The van der Waals surface area contributed by atoms with Crippen LogP contribution in [0.25, 0.3) is 0 Å². The molecule has 0 radical (unpaired) electrons. The lowest BCUT2D eigenvalue weighted by molar-refractivity contribution is 0.0696. The zero-order valence-electron chi connectivity index (χ0n) is 8.13. The molecule has 1 heterocycles. The van der Waals surface area contributed by atoms with E-state index in [1.54, 1.807) is 10.9 Å². The first-order valence-corrected chi connectivity index (χ1v) is 4.55. The number of carbonyl (C=O) groups is 1. The SMILES string of the molecule is Cl.Cl.O=C(O)c1cnn(C2CCCC2)c1. The summed E-state index contributed by atoms with van der Waals surface area (Å²) in [7, 11) is 0. The largest absolute Gasteiger partial charge is 0.478 e. The molecule has 0 aliphatic heterocycles. The predicted molar refractivity (Wildman–Crippen MR) is 61.2 cm³/mol. The molecule has 0 unspecified atom stereocenters. The lowest BCUT2D eigenvalue weighted by atomic mass is 10.2. The van der Waals surface area contributed by atoms with Crippen molar-refractivity contribution in [1.82, 2.24) is 9.78 Å².